The first-order chi connectivity index (χ1) is 9.72. The lowest BCUT2D eigenvalue weighted by Gasteiger charge is -2.23. The first-order valence-corrected chi connectivity index (χ1v) is 8.00. The van der Waals surface area contributed by atoms with E-state index in [2.05, 4.69) is 38.8 Å². The molecule has 0 aliphatic carbocycles. The van der Waals surface area contributed by atoms with Crippen LogP contribution in [0.4, 0.5) is 0 Å². The molecule has 1 fully saturated rings. The third-order valence-electron chi connectivity index (χ3n) is 3.92. The fourth-order valence-electron chi connectivity index (χ4n) is 2.73. The minimum Gasteiger partial charge on any atom is -0.486 e. The smallest absolute Gasteiger partial charge is 0.162 e. The minimum atomic E-state index is 0.636. The van der Waals surface area contributed by atoms with Crippen molar-refractivity contribution in [2.75, 3.05) is 46.4 Å². The van der Waals surface area contributed by atoms with E-state index in [0.717, 1.165) is 42.2 Å². The number of rotatable bonds is 2. The van der Waals surface area contributed by atoms with Crippen LogP contribution in [0.3, 0.4) is 0 Å². The van der Waals surface area contributed by atoms with Gasteiger partial charge in [0.15, 0.2) is 11.5 Å². The maximum absolute atomic E-state index is 5.68. The van der Waals surface area contributed by atoms with E-state index in [0.29, 0.717) is 13.2 Å². The van der Waals surface area contributed by atoms with Gasteiger partial charge in [-0.3, -0.25) is 4.90 Å². The van der Waals surface area contributed by atoms with E-state index in [9.17, 15) is 0 Å². The van der Waals surface area contributed by atoms with Crippen LogP contribution in [0.5, 0.6) is 11.5 Å². The molecule has 0 unspecified atom stereocenters. The molecule has 0 N–H and O–H groups in total. The molecular weight excluding hydrogens is 320 g/mol. The topological polar surface area (TPSA) is 24.9 Å². The quantitative estimate of drug-likeness (QED) is 0.825. The van der Waals surface area contributed by atoms with Gasteiger partial charge in [-0.25, -0.2) is 0 Å². The van der Waals surface area contributed by atoms with Crippen molar-refractivity contribution in [1.82, 2.24) is 9.80 Å². The van der Waals surface area contributed by atoms with Crippen molar-refractivity contribution in [2.24, 2.45) is 0 Å². The van der Waals surface area contributed by atoms with Crippen LogP contribution in [0.25, 0.3) is 0 Å². The largest absolute Gasteiger partial charge is 0.486 e. The first kappa shape index (κ1) is 14.2. The van der Waals surface area contributed by atoms with Gasteiger partial charge < -0.3 is 14.4 Å². The zero-order chi connectivity index (χ0) is 13.9. The molecule has 0 saturated carbocycles. The summed E-state index contributed by atoms with van der Waals surface area (Å²) in [5.41, 5.74) is 1.28. The Labute approximate surface area is 128 Å². The van der Waals surface area contributed by atoms with E-state index in [1.54, 1.807) is 0 Å². The Hall–Kier alpha value is -0.780. The summed E-state index contributed by atoms with van der Waals surface area (Å²) in [7, 11) is 2.20. The molecule has 2 aliphatic rings. The van der Waals surface area contributed by atoms with E-state index in [4.69, 9.17) is 9.47 Å². The monoisotopic (exact) mass is 340 g/mol. The molecule has 20 heavy (non-hydrogen) atoms. The van der Waals surface area contributed by atoms with Gasteiger partial charge in [0.05, 0.1) is 0 Å². The summed E-state index contributed by atoms with van der Waals surface area (Å²) < 4.78 is 12.4. The van der Waals surface area contributed by atoms with Crippen LogP contribution >= 0.6 is 15.9 Å². The average Bonchev–Trinajstić information content (AvgIpc) is 2.65. The standard InChI is InChI=1S/C15H21BrN2O2/c1-17-3-2-4-18(6-5-17)11-12-9-14-15(10-13(12)16)20-8-7-19-14/h9-10H,2-8,11H2,1H3. The van der Waals surface area contributed by atoms with Gasteiger partial charge in [-0.1, -0.05) is 15.9 Å². The van der Waals surface area contributed by atoms with Crippen LogP contribution in [-0.4, -0.2) is 56.2 Å². The fraction of sp³-hybridized carbons (Fsp3) is 0.600. The summed E-state index contributed by atoms with van der Waals surface area (Å²) in [5, 5.41) is 0. The second-order valence-electron chi connectivity index (χ2n) is 5.52. The molecule has 4 nitrogen and oxygen atoms in total. The van der Waals surface area contributed by atoms with E-state index < -0.39 is 0 Å². The zero-order valence-electron chi connectivity index (χ0n) is 11.9. The Balaban J connectivity index is 1.73. The third-order valence-corrected chi connectivity index (χ3v) is 4.66. The number of halogens is 1. The first-order valence-electron chi connectivity index (χ1n) is 7.21. The molecule has 1 aromatic carbocycles. The van der Waals surface area contributed by atoms with Gasteiger partial charge in [-0.05, 0) is 44.3 Å². The van der Waals surface area contributed by atoms with Gasteiger partial charge in [0.25, 0.3) is 0 Å². The molecule has 110 valence electrons. The van der Waals surface area contributed by atoms with Gasteiger partial charge in [-0.15, -0.1) is 0 Å². The van der Waals surface area contributed by atoms with Gasteiger partial charge in [0, 0.05) is 24.1 Å². The van der Waals surface area contributed by atoms with Crippen molar-refractivity contribution in [3.8, 4) is 11.5 Å². The summed E-state index contributed by atoms with van der Waals surface area (Å²) in [6, 6.07) is 4.15. The summed E-state index contributed by atoms with van der Waals surface area (Å²) >= 11 is 3.66. The fourth-order valence-corrected chi connectivity index (χ4v) is 3.17. The summed E-state index contributed by atoms with van der Waals surface area (Å²) in [4.78, 5) is 4.92. The number of fused-ring (bicyclic) bond motifs is 1. The maximum atomic E-state index is 5.68. The van der Waals surface area contributed by atoms with Crippen molar-refractivity contribution in [3.05, 3.63) is 22.2 Å². The predicted molar refractivity (Wildman–Crippen MR) is 82.5 cm³/mol. The van der Waals surface area contributed by atoms with E-state index in [1.165, 1.54) is 18.5 Å². The second-order valence-corrected chi connectivity index (χ2v) is 6.37. The molecular formula is C15H21BrN2O2. The molecule has 2 heterocycles. The lowest BCUT2D eigenvalue weighted by molar-refractivity contribution is 0.171. The molecule has 1 saturated heterocycles. The number of nitrogens with zero attached hydrogens (tertiary/aromatic N) is 2. The highest BCUT2D eigenvalue weighted by molar-refractivity contribution is 9.10. The Kier molecular flexibility index (Phi) is 4.48. The lowest BCUT2D eigenvalue weighted by Crippen LogP contribution is -2.28. The normalized spacial score (nSPS) is 20.7. The third kappa shape index (κ3) is 3.27. The van der Waals surface area contributed by atoms with Crippen LogP contribution in [-0.2, 0) is 6.54 Å². The van der Waals surface area contributed by atoms with Gasteiger partial charge in [-0.2, -0.15) is 0 Å². The zero-order valence-corrected chi connectivity index (χ0v) is 13.5. The van der Waals surface area contributed by atoms with Crippen LogP contribution < -0.4 is 9.47 Å². The van der Waals surface area contributed by atoms with Crippen LogP contribution in [0.2, 0.25) is 0 Å². The highest BCUT2D eigenvalue weighted by atomic mass is 79.9. The second kappa shape index (κ2) is 6.33. The Bertz CT molecular complexity index is 481. The Morgan fingerprint density at radius 3 is 2.60 bits per heavy atom. The van der Waals surface area contributed by atoms with Gasteiger partial charge in [0.1, 0.15) is 13.2 Å². The minimum absolute atomic E-state index is 0.636. The number of benzene rings is 1. The Morgan fingerprint density at radius 1 is 1.05 bits per heavy atom. The number of likely N-dealkylation sites (N-methyl/N-ethyl adjacent to an activating group) is 1. The van der Waals surface area contributed by atoms with E-state index in [-0.39, 0.29) is 0 Å². The molecule has 5 heteroatoms. The highest BCUT2D eigenvalue weighted by Gasteiger charge is 2.18. The van der Waals surface area contributed by atoms with Crippen molar-refractivity contribution >= 4 is 15.9 Å². The van der Waals surface area contributed by atoms with Crippen molar-refractivity contribution in [3.63, 3.8) is 0 Å². The molecule has 0 amide bonds. The molecule has 2 aliphatic heterocycles. The van der Waals surface area contributed by atoms with E-state index >= 15 is 0 Å². The number of hydrogen-bond donors (Lipinski definition) is 0. The molecule has 3 rings (SSSR count). The predicted octanol–water partition coefficient (Wildman–Crippen LogP) is 2.36. The van der Waals surface area contributed by atoms with Crippen LogP contribution in [0.1, 0.15) is 12.0 Å². The highest BCUT2D eigenvalue weighted by Crippen LogP contribution is 2.36. The maximum Gasteiger partial charge on any atom is 0.162 e. The lowest BCUT2D eigenvalue weighted by atomic mass is 10.1. The summed E-state index contributed by atoms with van der Waals surface area (Å²) in [6.45, 7) is 6.86. The Morgan fingerprint density at radius 2 is 1.80 bits per heavy atom. The van der Waals surface area contributed by atoms with Crippen LogP contribution in [0.15, 0.2) is 16.6 Å². The molecule has 0 spiro atoms. The van der Waals surface area contributed by atoms with Crippen LogP contribution in [0, 0.1) is 0 Å². The molecule has 0 aromatic heterocycles. The average molecular weight is 341 g/mol. The summed E-state index contributed by atoms with van der Waals surface area (Å²) in [5.74, 6) is 1.73. The van der Waals surface area contributed by atoms with Crippen molar-refractivity contribution in [2.45, 2.75) is 13.0 Å². The summed E-state index contributed by atoms with van der Waals surface area (Å²) in [6.07, 6.45) is 1.23. The van der Waals surface area contributed by atoms with Crippen molar-refractivity contribution < 1.29 is 9.47 Å². The number of hydrogen-bond acceptors (Lipinski definition) is 4. The SMILES string of the molecule is CN1CCCN(Cc2cc3c(cc2Br)OCCO3)CC1. The molecule has 0 bridgehead atoms. The van der Waals surface area contributed by atoms with Crippen molar-refractivity contribution in [1.29, 1.82) is 0 Å². The molecule has 0 radical (unpaired) electrons. The number of ether oxygens (including phenoxy) is 2. The van der Waals surface area contributed by atoms with E-state index in [1.807, 2.05) is 6.07 Å². The van der Waals surface area contributed by atoms with Gasteiger partial charge >= 0.3 is 0 Å². The van der Waals surface area contributed by atoms with Gasteiger partial charge in [0.2, 0.25) is 0 Å². The molecule has 0 atom stereocenters. The molecule has 1 aromatic rings.